The third-order valence-electron chi connectivity index (χ3n) is 4.49. The minimum atomic E-state index is -0.466. The van der Waals surface area contributed by atoms with E-state index in [4.69, 9.17) is 19.0 Å². The zero-order valence-electron chi connectivity index (χ0n) is 18.2. The van der Waals surface area contributed by atoms with E-state index in [-0.39, 0.29) is 6.61 Å². The molecule has 3 aromatic carbocycles. The molecule has 0 aliphatic carbocycles. The van der Waals surface area contributed by atoms with Crippen LogP contribution in [0.3, 0.4) is 0 Å². The van der Waals surface area contributed by atoms with Gasteiger partial charge in [-0.25, -0.2) is 4.79 Å². The summed E-state index contributed by atoms with van der Waals surface area (Å²) in [5, 5.41) is 3.81. The summed E-state index contributed by atoms with van der Waals surface area (Å²) in [7, 11) is 1.66. The van der Waals surface area contributed by atoms with Crippen molar-refractivity contribution in [2.75, 3.05) is 20.3 Å². The molecule has 0 aliphatic heterocycles. The highest BCUT2D eigenvalue weighted by Gasteiger charge is 2.12. The van der Waals surface area contributed by atoms with Gasteiger partial charge in [0.2, 0.25) is 6.61 Å². The van der Waals surface area contributed by atoms with Crippen molar-refractivity contribution in [3.63, 3.8) is 0 Å². The molecule has 0 fully saturated rings. The number of methoxy groups -OCH3 is 1. The van der Waals surface area contributed by atoms with Crippen LogP contribution in [0.4, 0.5) is 0 Å². The molecule has 8 heteroatoms. The van der Waals surface area contributed by atoms with E-state index < -0.39 is 5.97 Å². The predicted octanol–water partition coefficient (Wildman–Crippen LogP) is 6.52. The van der Waals surface area contributed by atoms with Gasteiger partial charge >= 0.3 is 5.97 Å². The monoisotopic (exact) mass is 575 g/mol. The van der Waals surface area contributed by atoms with E-state index in [1.807, 2.05) is 48.5 Å². The summed E-state index contributed by atoms with van der Waals surface area (Å²) in [6.07, 6.45) is 2.23. The SMILES string of the molecule is CCOC(=O)CO/N=C\c1cc(Br)c(Oc2ccc(OC)c(Cc3ccccc3)c2)c(Br)c1. The van der Waals surface area contributed by atoms with Crippen LogP contribution in [0.1, 0.15) is 23.6 Å². The molecule has 0 unspecified atom stereocenters. The second kappa shape index (κ2) is 12.4. The average Bonchev–Trinajstić information content (AvgIpc) is 2.80. The first-order valence-corrected chi connectivity index (χ1v) is 11.8. The Morgan fingerprint density at radius 3 is 2.42 bits per heavy atom. The van der Waals surface area contributed by atoms with Crippen LogP contribution in [0.2, 0.25) is 0 Å². The third-order valence-corrected chi connectivity index (χ3v) is 5.67. The Hall–Kier alpha value is -2.84. The molecule has 0 aliphatic rings. The molecule has 0 heterocycles. The lowest BCUT2D eigenvalue weighted by molar-refractivity contribution is -0.148. The van der Waals surface area contributed by atoms with E-state index >= 15 is 0 Å². The second-order valence-electron chi connectivity index (χ2n) is 6.86. The van der Waals surface area contributed by atoms with E-state index in [1.54, 1.807) is 14.0 Å². The highest BCUT2D eigenvalue weighted by Crippen LogP contribution is 2.38. The summed E-state index contributed by atoms with van der Waals surface area (Å²) in [5.74, 6) is 1.64. The highest BCUT2D eigenvalue weighted by molar-refractivity contribution is 9.11. The number of carbonyl (C=O) groups excluding carboxylic acids is 1. The number of ether oxygens (including phenoxy) is 3. The van der Waals surface area contributed by atoms with Crippen molar-refractivity contribution in [3.05, 3.63) is 86.3 Å². The Balaban J connectivity index is 1.74. The van der Waals surface area contributed by atoms with Gasteiger partial charge < -0.3 is 19.0 Å². The largest absolute Gasteiger partial charge is 0.496 e. The lowest BCUT2D eigenvalue weighted by atomic mass is 10.0. The number of nitrogens with zero attached hydrogens (tertiary/aromatic N) is 1. The molecule has 0 bridgehead atoms. The van der Waals surface area contributed by atoms with E-state index in [0.717, 1.165) is 32.2 Å². The molecule has 172 valence electrons. The van der Waals surface area contributed by atoms with Crippen LogP contribution in [-0.2, 0) is 20.8 Å². The Morgan fingerprint density at radius 2 is 1.76 bits per heavy atom. The number of benzene rings is 3. The minimum absolute atomic E-state index is 0.239. The fourth-order valence-corrected chi connectivity index (χ4v) is 4.42. The predicted molar refractivity (Wildman–Crippen MR) is 134 cm³/mol. The highest BCUT2D eigenvalue weighted by atomic mass is 79.9. The van der Waals surface area contributed by atoms with Crippen molar-refractivity contribution >= 4 is 44.0 Å². The fraction of sp³-hybridized carbons (Fsp3) is 0.200. The molecule has 3 aromatic rings. The topological polar surface area (TPSA) is 66.4 Å². The maximum Gasteiger partial charge on any atom is 0.347 e. The second-order valence-corrected chi connectivity index (χ2v) is 8.57. The molecule has 0 saturated heterocycles. The number of hydrogen-bond donors (Lipinski definition) is 0. The summed E-state index contributed by atoms with van der Waals surface area (Å²) in [4.78, 5) is 16.2. The first-order chi connectivity index (χ1) is 16.0. The summed E-state index contributed by atoms with van der Waals surface area (Å²) in [6, 6.07) is 19.6. The zero-order chi connectivity index (χ0) is 23.6. The van der Waals surface area contributed by atoms with Crippen LogP contribution in [0.15, 0.2) is 74.8 Å². The lowest BCUT2D eigenvalue weighted by Crippen LogP contribution is -2.10. The van der Waals surface area contributed by atoms with Gasteiger partial charge in [-0.15, -0.1) is 0 Å². The molecule has 0 amide bonds. The van der Waals surface area contributed by atoms with Crippen LogP contribution < -0.4 is 9.47 Å². The van der Waals surface area contributed by atoms with Crippen LogP contribution in [-0.4, -0.2) is 32.5 Å². The van der Waals surface area contributed by atoms with Crippen LogP contribution >= 0.6 is 31.9 Å². The molecule has 0 N–H and O–H groups in total. The normalized spacial score (nSPS) is 10.8. The van der Waals surface area contributed by atoms with Gasteiger partial charge in [0, 0.05) is 12.0 Å². The average molecular weight is 577 g/mol. The first-order valence-electron chi connectivity index (χ1n) is 10.2. The molecule has 0 radical (unpaired) electrons. The standard InChI is InChI=1S/C25H23Br2NO5/c1-3-31-24(29)16-32-28-15-18-12-21(26)25(22(27)13-18)33-20-9-10-23(30-2)19(14-20)11-17-7-5-4-6-8-17/h4-10,12-15H,3,11,16H2,1-2H3/b28-15-. The van der Waals surface area contributed by atoms with Crippen molar-refractivity contribution < 1.29 is 23.8 Å². The van der Waals surface area contributed by atoms with Gasteiger partial charge in [0.05, 0.1) is 28.9 Å². The Labute approximate surface area is 209 Å². The lowest BCUT2D eigenvalue weighted by Gasteiger charge is -2.14. The quantitative estimate of drug-likeness (QED) is 0.156. The van der Waals surface area contributed by atoms with Crippen LogP contribution in [0.25, 0.3) is 0 Å². The van der Waals surface area contributed by atoms with Gasteiger partial charge in [-0.05, 0) is 80.2 Å². The number of rotatable bonds is 10. The number of halogens is 2. The number of esters is 1. The molecular weight excluding hydrogens is 554 g/mol. The van der Waals surface area contributed by atoms with Crippen molar-refractivity contribution in [2.24, 2.45) is 5.16 Å². The smallest absolute Gasteiger partial charge is 0.347 e. The molecule has 0 spiro atoms. The minimum Gasteiger partial charge on any atom is -0.496 e. The van der Waals surface area contributed by atoms with Crippen molar-refractivity contribution in [1.82, 2.24) is 0 Å². The Bertz CT molecular complexity index is 1100. The molecule has 3 rings (SSSR count). The van der Waals surface area contributed by atoms with Crippen molar-refractivity contribution in [1.29, 1.82) is 0 Å². The van der Waals surface area contributed by atoms with Gasteiger partial charge in [0.1, 0.15) is 11.5 Å². The summed E-state index contributed by atoms with van der Waals surface area (Å²) in [5.41, 5.74) is 2.96. The molecular formula is C25H23Br2NO5. The Kier molecular flexibility index (Phi) is 9.33. The molecule has 6 nitrogen and oxygen atoms in total. The number of carbonyl (C=O) groups is 1. The van der Waals surface area contributed by atoms with Gasteiger partial charge in [-0.3, -0.25) is 0 Å². The molecule has 33 heavy (non-hydrogen) atoms. The van der Waals surface area contributed by atoms with E-state index in [2.05, 4.69) is 49.1 Å². The summed E-state index contributed by atoms with van der Waals surface area (Å²) in [6.45, 7) is 1.79. The third kappa shape index (κ3) is 7.33. The van der Waals surface area contributed by atoms with Crippen molar-refractivity contribution in [2.45, 2.75) is 13.3 Å². The maximum absolute atomic E-state index is 11.3. The van der Waals surface area contributed by atoms with E-state index in [9.17, 15) is 4.79 Å². The first kappa shape index (κ1) is 24.8. The number of hydrogen-bond acceptors (Lipinski definition) is 6. The fourth-order valence-electron chi connectivity index (χ4n) is 3.03. The maximum atomic E-state index is 11.3. The molecule has 0 aromatic heterocycles. The van der Waals surface area contributed by atoms with E-state index in [0.29, 0.717) is 18.1 Å². The molecule has 0 atom stereocenters. The summed E-state index contributed by atoms with van der Waals surface area (Å²) >= 11 is 7.10. The summed E-state index contributed by atoms with van der Waals surface area (Å²) < 4.78 is 17.9. The van der Waals surface area contributed by atoms with Crippen LogP contribution in [0, 0.1) is 0 Å². The zero-order valence-corrected chi connectivity index (χ0v) is 21.4. The van der Waals surface area contributed by atoms with E-state index in [1.165, 1.54) is 11.8 Å². The van der Waals surface area contributed by atoms with Gasteiger partial charge in [0.25, 0.3) is 0 Å². The van der Waals surface area contributed by atoms with Gasteiger partial charge in [-0.2, -0.15) is 0 Å². The number of oxime groups is 1. The van der Waals surface area contributed by atoms with Crippen LogP contribution in [0.5, 0.6) is 17.2 Å². The molecule has 0 saturated carbocycles. The van der Waals surface area contributed by atoms with Gasteiger partial charge in [-0.1, -0.05) is 35.5 Å². The van der Waals surface area contributed by atoms with Gasteiger partial charge in [0.15, 0.2) is 5.75 Å². The van der Waals surface area contributed by atoms with Crippen molar-refractivity contribution in [3.8, 4) is 17.2 Å². The Morgan fingerprint density at radius 1 is 1.03 bits per heavy atom.